The highest BCUT2D eigenvalue weighted by molar-refractivity contribution is 6.11. The van der Waals surface area contributed by atoms with Gasteiger partial charge in [-0.15, -0.1) is 0 Å². The minimum absolute atomic E-state index is 0.112. The lowest BCUT2D eigenvalue weighted by molar-refractivity contribution is 0.400. The summed E-state index contributed by atoms with van der Waals surface area (Å²) in [6, 6.07) is 76.2. The smallest absolute Gasteiger partial charge is 0.119 e. The number of fused-ring (bicyclic) bond motifs is 6. The molecule has 0 unspecified atom stereocenters. The van der Waals surface area contributed by atoms with Crippen LogP contribution in [0.15, 0.2) is 206 Å². The lowest BCUT2D eigenvalue weighted by Crippen LogP contribution is -2.19. The third kappa shape index (κ3) is 7.57. The Morgan fingerprint density at radius 2 is 0.971 bits per heavy atom. The number of anilines is 3. The molecule has 0 atom stereocenters. The van der Waals surface area contributed by atoms with Crippen LogP contribution in [0.25, 0.3) is 72.0 Å². The number of methoxy groups -OCH3 is 1. The Bertz CT molecular complexity index is 3450. The van der Waals surface area contributed by atoms with E-state index in [0.717, 1.165) is 34.9 Å². The van der Waals surface area contributed by atoms with Crippen LogP contribution >= 0.6 is 0 Å². The van der Waals surface area contributed by atoms with Gasteiger partial charge in [-0.3, -0.25) is 0 Å². The molecule has 0 aliphatic heterocycles. The summed E-state index contributed by atoms with van der Waals surface area (Å²) >= 11 is 0. The molecule has 3 nitrogen and oxygen atoms in total. The van der Waals surface area contributed by atoms with E-state index in [9.17, 15) is 0 Å². The quantitative estimate of drug-likeness (QED) is 0.129. The second-order valence-electron chi connectivity index (χ2n) is 20.3. The standard InChI is InChI=1S/C65H58N2O/c1-43(2)42-64(3,4)50-25-17-46(18-26-50)48-23-37-62-58(39-48)59-40-49(24-38-63(59)67(62)53-31-34-55(68-7)35-32-53)47-21-29-52(30-22-47)66(51-27-19-45(20-28-51)44-13-9-8-10-14-44)54-33-36-57-56-15-11-12-16-60(56)65(5,6)61(57)41-54/h8-41,43H,42H2,1-7H3. The summed E-state index contributed by atoms with van der Waals surface area (Å²) in [7, 11) is 1.72. The maximum absolute atomic E-state index is 5.56. The zero-order chi connectivity index (χ0) is 46.7. The van der Waals surface area contributed by atoms with Crippen LogP contribution in [-0.4, -0.2) is 11.7 Å². The Morgan fingerprint density at radius 3 is 1.54 bits per heavy atom. The first kappa shape index (κ1) is 43.0. The second kappa shape index (κ2) is 16.9. The second-order valence-corrected chi connectivity index (χ2v) is 20.3. The average molecular weight is 883 g/mol. The van der Waals surface area contributed by atoms with Crippen molar-refractivity contribution >= 4 is 38.9 Å². The predicted octanol–water partition coefficient (Wildman–Crippen LogP) is 17.9. The van der Waals surface area contributed by atoms with E-state index in [1.54, 1.807) is 7.11 Å². The molecule has 0 radical (unpaired) electrons. The summed E-state index contributed by atoms with van der Waals surface area (Å²) in [6.45, 7) is 14.1. The van der Waals surface area contributed by atoms with Gasteiger partial charge in [0.2, 0.25) is 0 Å². The van der Waals surface area contributed by atoms with E-state index in [1.165, 1.54) is 83.0 Å². The van der Waals surface area contributed by atoms with Crippen LogP contribution < -0.4 is 9.64 Å². The molecule has 10 aromatic rings. The normalized spacial score (nSPS) is 12.9. The zero-order valence-electron chi connectivity index (χ0n) is 40.2. The van der Waals surface area contributed by atoms with Gasteiger partial charge < -0.3 is 14.2 Å². The summed E-state index contributed by atoms with van der Waals surface area (Å²) in [5, 5.41) is 2.44. The van der Waals surface area contributed by atoms with Crippen LogP contribution in [0.5, 0.6) is 5.75 Å². The first-order chi connectivity index (χ1) is 33.0. The SMILES string of the molecule is COc1ccc(-n2c3ccc(-c4ccc(N(c5ccc(-c6ccccc6)cc5)c5ccc6c(c5)C(C)(C)c5ccccc5-6)cc4)cc3c3cc(-c4ccc(C(C)(C)CC(C)C)cc4)ccc32)cc1. The number of aromatic nitrogens is 1. The van der Waals surface area contributed by atoms with E-state index in [-0.39, 0.29) is 10.8 Å². The van der Waals surface area contributed by atoms with Gasteiger partial charge in [-0.25, -0.2) is 0 Å². The molecule has 334 valence electrons. The number of ether oxygens (including phenoxy) is 1. The van der Waals surface area contributed by atoms with Crippen molar-refractivity contribution in [2.45, 2.75) is 58.8 Å². The summed E-state index contributed by atoms with van der Waals surface area (Å²) in [5.41, 5.74) is 20.8. The van der Waals surface area contributed by atoms with E-state index in [4.69, 9.17) is 4.74 Å². The van der Waals surface area contributed by atoms with E-state index in [0.29, 0.717) is 5.92 Å². The molecule has 0 amide bonds. The van der Waals surface area contributed by atoms with Crippen LogP contribution in [-0.2, 0) is 10.8 Å². The van der Waals surface area contributed by atoms with Crippen LogP contribution in [0.2, 0.25) is 0 Å². The molecule has 0 saturated heterocycles. The van der Waals surface area contributed by atoms with E-state index >= 15 is 0 Å². The zero-order valence-corrected chi connectivity index (χ0v) is 40.2. The largest absolute Gasteiger partial charge is 0.497 e. The van der Waals surface area contributed by atoms with Gasteiger partial charge in [0, 0.05) is 38.9 Å². The molecule has 9 aromatic carbocycles. The van der Waals surface area contributed by atoms with Gasteiger partial charge in [-0.1, -0.05) is 163 Å². The number of hydrogen-bond acceptors (Lipinski definition) is 2. The van der Waals surface area contributed by atoms with E-state index < -0.39 is 0 Å². The molecule has 0 saturated carbocycles. The molecule has 1 aliphatic rings. The first-order valence-electron chi connectivity index (χ1n) is 24.1. The predicted molar refractivity (Wildman–Crippen MR) is 288 cm³/mol. The fraction of sp³-hybridized carbons (Fsp3) is 0.169. The number of hydrogen-bond donors (Lipinski definition) is 0. The lowest BCUT2D eigenvalue weighted by Gasteiger charge is -2.28. The Labute approximate surface area is 401 Å². The average Bonchev–Trinajstić information content (AvgIpc) is 3.81. The fourth-order valence-corrected chi connectivity index (χ4v) is 11.2. The summed E-state index contributed by atoms with van der Waals surface area (Å²) in [4.78, 5) is 2.41. The van der Waals surface area contributed by atoms with E-state index in [1.807, 2.05) is 12.1 Å². The molecule has 1 heterocycles. The van der Waals surface area contributed by atoms with Crippen LogP contribution in [0.3, 0.4) is 0 Å². The Morgan fingerprint density at radius 1 is 0.485 bits per heavy atom. The third-order valence-electron chi connectivity index (χ3n) is 14.5. The van der Waals surface area contributed by atoms with Gasteiger partial charge >= 0.3 is 0 Å². The van der Waals surface area contributed by atoms with Gasteiger partial charge in [0.05, 0.1) is 18.1 Å². The van der Waals surface area contributed by atoms with Crippen molar-refractivity contribution in [1.82, 2.24) is 4.57 Å². The minimum atomic E-state index is -0.112. The van der Waals surface area contributed by atoms with Gasteiger partial charge in [-0.2, -0.15) is 0 Å². The van der Waals surface area contributed by atoms with Crippen molar-refractivity contribution in [2.24, 2.45) is 5.92 Å². The highest BCUT2D eigenvalue weighted by Gasteiger charge is 2.36. The molecule has 68 heavy (non-hydrogen) atoms. The summed E-state index contributed by atoms with van der Waals surface area (Å²) in [5.74, 6) is 1.48. The molecule has 0 spiro atoms. The van der Waals surface area contributed by atoms with Crippen LogP contribution in [0.4, 0.5) is 17.1 Å². The molecule has 1 aromatic heterocycles. The topological polar surface area (TPSA) is 17.4 Å². The molecule has 0 N–H and O–H groups in total. The fourth-order valence-electron chi connectivity index (χ4n) is 11.2. The third-order valence-corrected chi connectivity index (χ3v) is 14.5. The van der Waals surface area contributed by atoms with Crippen molar-refractivity contribution < 1.29 is 4.74 Å². The van der Waals surface area contributed by atoms with Crippen molar-refractivity contribution in [1.29, 1.82) is 0 Å². The monoisotopic (exact) mass is 882 g/mol. The van der Waals surface area contributed by atoms with Crippen molar-refractivity contribution in [3.05, 3.63) is 223 Å². The number of rotatable bonds is 11. The molecule has 0 fully saturated rings. The lowest BCUT2D eigenvalue weighted by atomic mass is 9.77. The van der Waals surface area contributed by atoms with Gasteiger partial charge in [0.1, 0.15) is 5.75 Å². The highest BCUT2D eigenvalue weighted by Crippen LogP contribution is 2.51. The van der Waals surface area contributed by atoms with Gasteiger partial charge in [-0.05, 0) is 164 Å². The van der Waals surface area contributed by atoms with Crippen molar-refractivity contribution in [2.75, 3.05) is 12.0 Å². The summed E-state index contributed by atoms with van der Waals surface area (Å²) < 4.78 is 7.94. The van der Waals surface area contributed by atoms with Crippen molar-refractivity contribution in [3.8, 4) is 55.9 Å². The van der Waals surface area contributed by atoms with Gasteiger partial charge in [0.15, 0.2) is 0 Å². The Balaban J connectivity index is 0.998. The Kier molecular flexibility index (Phi) is 10.7. The highest BCUT2D eigenvalue weighted by atomic mass is 16.5. The van der Waals surface area contributed by atoms with Crippen LogP contribution in [0.1, 0.15) is 64.7 Å². The number of nitrogens with zero attached hydrogens (tertiary/aromatic N) is 2. The first-order valence-corrected chi connectivity index (χ1v) is 24.1. The molecule has 3 heteroatoms. The van der Waals surface area contributed by atoms with Gasteiger partial charge in [0.25, 0.3) is 0 Å². The molecular formula is C65H58N2O. The maximum atomic E-state index is 5.56. The molecule has 11 rings (SSSR count). The Hall–Kier alpha value is -7.62. The minimum Gasteiger partial charge on any atom is -0.497 e. The molecule has 1 aliphatic carbocycles. The van der Waals surface area contributed by atoms with E-state index in [2.05, 4.69) is 245 Å². The summed E-state index contributed by atoms with van der Waals surface area (Å²) in [6.07, 6.45) is 1.15. The molecule has 0 bridgehead atoms. The maximum Gasteiger partial charge on any atom is 0.119 e. The molecular weight excluding hydrogens is 825 g/mol. The van der Waals surface area contributed by atoms with Crippen molar-refractivity contribution in [3.63, 3.8) is 0 Å². The van der Waals surface area contributed by atoms with Crippen LogP contribution in [0, 0.1) is 5.92 Å². The number of benzene rings is 9.